The largest absolute Gasteiger partial charge is 0.481 e. The van der Waals surface area contributed by atoms with Gasteiger partial charge in [-0.25, -0.2) is 0 Å². The van der Waals surface area contributed by atoms with Crippen LogP contribution in [0.2, 0.25) is 0 Å². The molecule has 0 aliphatic heterocycles. The van der Waals surface area contributed by atoms with Gasteiger partial charge in [0.25, 0.3) is 0 Å². The second kappa shape index (κ2) is 7.90. The molecule has 1 atom stereocenters. The third-order valence-corrected chi connectivity index (χ3v) is 4.42. The number of anilines is 1. The van der Waals surface area contributed by atoms with Crippen molar-refractivity contribution in [3.63, 3.8) is 0 Å². The van der Waals surface area contributed by atoms with Gasteiger partial charge in [0.15, 0.2) is 0 Å². The summed E-state index contributed by atoms with van der Waals surface area (Å²) < 4.78 is 3.32. The molecule has 0 fully saturated rings. The molecular weight excluding hydrogens is 294 g/mol. The van der Waals surface area contributed by atoms with E-state index in [2.05, 4.69) is 23.8 Å². The van der Waals surface area contributed by atoms with Crippen LogP contribution in [0.25, 0.3) is 0 Å². The van der Waals surface area contributed by atoms with Gasteiger partial charge < -0.3 is 9.83 Å². The topological polar surface area (TPSA) is 49.3 Å². The zero-order valence-corrected chi connectivity index (χ0v) is 13.7. The number of nitrogens with one attached hydrogen (secondary N) is 1. The van der Waals surface area contributed by atoms with Gasteiger partial charge in [0.05, 0.1) is 6.42 Å². The first-order valence-electron chi connectivity index (χ1n) is 7.39. The van der Waals surface area contributed by atoms with Gasteiger partial charge in [-0.2, -0.15) is 0 Å². The lowest BCUT2D eigenvalue weighted by Gasteiger charge is -2.13. The molecular formula is C18H21NO2S. The molecule has 4 heteroatoms. The van der Waals surface area contributed by atoms with Crippen molar-refractivity contribution in [1.82, 2.24) is 0 Å². The van der Waals surface area contributed by atoms with Gasteiger partial charge >= 0.3 is 5.97 Å². The first-order chi connectivity index (χ1) is 10.6. The average molecular weight is 315 g/mol. The van der Waals surface area contributed by atoms with Crippen molar-refractivity contribution in [1.29, 1.82) is 0 Å². The highest BCUT2D eigenvalue weighted by Crippen LogP contribution is 2.27. The van der Waals surface area contributed by atoms with Crippen molar-refractivity contribution in [3.8, 4) is 0 Å². The van der Waals surface area contributed by atoms with Gasteiger partial charge in [-0.1, -0.05) is 31.2 Å². The Balaban J connectivity index is 1.98. The number of carboxylic acids is 1. The van der Waals surface area contributed by atoms with Crippen molar-refractivity contribution in [2.24, 2.45) is 0 Å². The smallest absolute Gasteiger partial charge is 0.303 e. The number of carboxylic acid groups (broad SMARTS) is 1. The van der Waals surface area contributed by atoms with Crippen LogP contribution in [-0.4, -0.2) is 11.1 Å². The fraction of sp³-hybridized carbons (Fsp3) is 0.278. The molecule has 2 N–H and O–H groups in total. The van der Waals surface area contributed by atoms with E-state index in [1.54, 1.807) is 11.9 Å². The predicted molar refractivity (Wildman–Crippen MR) is 92.4 cm³/mol. The fourth-order valence-corrected chi connectivity index (χ4v) is 2.98. The minimum absolute atomic E-state index is 0.0845. The normalized spacial score (nSPS) is 11.9. The summed E-state index contributed by atoms with van der Waals surface area (Å²) in [6, 6.07) is 16.3. The van der Waals surface area contributed by atoms with Crippen LogP contribution in [0.5, 0.6) is 0 Å². The van der Waals surface area contributed by atoms with Gasteiger partial charge in [-0.15, -0.1) is 0 Å². The molecule has 0 aliphatic carbocycles. The van der Waals surface area contributed by atoms with E-state index in [9.17, 15) is 4.79 Å². The molecule has 2 aromatic rings. The van der Waals surface area contributed by atoms with Crippen LogP contribution in [-0.2, 0) is 4.79 Å². The molecule has 2 rings (SSSR count). The Morgan fingerprint density at radius 3 is 2.55 bits per heavy atom. The fourth-order valence-electron chi connectivity index (χ4n) is 2.34. The van der Waals surface area contributed by atoms with Gasteiger partial charge in [0, 0.05) is 10.6 Å². The molecule has 22 heavy (non-hydrogen) atoms. The number of aliphatic carboxylic acids is 1. The van der Waals surface area contributed by atoms with E-state index < -0.39 is 5.97 Å². The molecule has 3 nitrogen and oxygen atoms in total. The van der Waals surface area contributed by atoms with Crippen LogP contribution < -0.4 is 4.72 Å². The van der Waals surface area contributed by atoms with Crippen LogP contribution in [0.4, 0.5) is 5.69 Å². The molecule has 116 valence electrons. The SMILES string of the molecule is CCC(CC(=O)O)c1ccc(SNc2cccc(C)c2)cc1. The summed E-state index contributed by atoms with van der Waals surface area (Å²) in [5.41, 5.74) is 3.39. The summed E-state index contributed by atoms with van der Waals surface area (Å²) in [5.74, 6) is -0.660. The van der Waals surface area contributed by atoms with Gasteiger partial charge in [-0.05, 0) is 66.6 Å². The van der Waals surface area contributed by atoms with Crippen molar-refractivity contribution in [2.75, 3.05) is 4.72 Å². The molecule has 0 saturated carbocycles. The molecule has 1 unspecified atom stereocenters. The minimum Gasteiger partial charge on any atom is -0.481 e. The average Bonchev–Trinajstić information content (AvgIpc) is 2.51. The summed E-state index contributed by atoms with van der Waals surface area (Å²) in [7, 11) is 0. The lowest BCUT2D eigenvalue weighted by molar-refractivity contribution is -0.137. The maximum absolute atomic E-state index is 10.9. The molecule has 0 amide bonds. The highest BCUT2D eigenvalue weighted by molar-refractivity contribution is 8.00. The van der Waals surface area contributed by atoms with E-state index in [-0.39, 0.29) is 12.3 Å². The lowest BCUT2D eigenvalue weighted by atomic mass is 9.93. The molecule has 2 aromatic carbocycles. The van der Waals surface area contributed by atoms with E-state index in [0.717, 1.165) is 22.6 Å². The zero-order chi connectivity index (χ0) is 15.9. The number of carbonyl (C=O) groups is 1. The summed E-state index contributed by atoms with van der Waals surface area (Å²) in [6.45, 7) is 4.09. The zero-order valence-electron chi connectivity index (χ0n) is 12.9. The number of benzene rings is 2. The van der Waals surface area contributed by atoms with Crippen LogP contribution in [0.1, 0.15) is 36.8 Å². The third kappa shape index (κ3) is 4.81. The van der Waals surface area contributed by atoms with Gasteiger partial charge in [-0.3, -0.25) is 4.79 Å². The third-order valence-electron chi connectivity index (χ3n) is 3.57. The summed E-state index contributed by atoms with van der Waals surface area (Å²) in [5, 5.41) is 8.95. The standard InChI is InChI=1S/C18H21NO2S/c1-3-14(12-18(20)21)15-7-9-17(10-8-15)22-19-16-6-4-5-13(2)11-16/h4-11,14,19H,3,12H2,1-2H3,(H,20,21). The second-order valence-electron chi connectivity index (χ2n) is 5.35. The molecule has 0 bridgehead atoms. The summed E-state index contributed by atoms with van der Waals surface area (Å²) in [4.78, 5) is 12.0. The van der Waals surface area contributed by atoms with Crippen molar-refractivity contribution < 1.29 is 9.90 Å². The highest BCUT2D eigenvalue weighted by Gasteiger charge is 2.13. The summed E-state index contributed by atoms with van der Waals surface area (Å²) in [6.07, 6.45) is 1.02. The Kier molecular flexibility index (Phi) is 5.90. The van der Waals surface area contributed by atoms with Crippen LogP contribution >= 0.6 is 11.9 Å². The van der Waals surface area contributed by atoms with Crippen molar-refractivity contribution >= 4 is 23.6 Å². The number of rotatable bonds is 7. The van der Waals surface area contributed by atoms with E-state index in [0.29, 0.717) is 0 Å². The Morgan fingerprint density at radius 2 is 1.95 bits per heavy atom. The predicted octanol–water partition coefficient (Wildman–Crippen LogP) is 5.08. The Labute approximate surface area is 135 Å². The number of aryl methyl sites for hydroxylation is 1. The van der Waals surface area contributed by atoms with Crippen molar-refractivity contribution in [3.05, 3.63) is 59.7 Å². The Hall–Kier alpha value is -1.94. The lowest BCUT2D eigenvalue weighted by Crippen LogP contribution is -2.05. The van der Waals surface area contributed by atoms with Crippen molar-refractivity contribution in [2.45, 2.75) is 37.5 Å². The van der Waals surface area contributed by atoms with E-state index >= 15 is 0 Å². The van der Waals surface area contributed by atoms with Gasteiger partial charge in [0.1, 0.15) is 0 Å². The van der Waals surface area contributed by atoms with Crippen LogP contribution in [0.3, 0.4) is 0 Å². The molecule has 0 saturated heterocycles. The highest BCUT2D eigenvalue weighted by atomic mass is 32.2. The molecule has 0 spiro atoms. The monoisotopic (exact) mass is 315 g/mol. The first-order valence-corrected chi connectivity index (χ1v) is 8.21. The molecule has 0 aromatic heterocycles. The maximum Gasteiger partial charge on any atom is 0.303 e. The number of hydrogen-bond acceptors (Lipinski definition) is 3. The van der Waals surface area contributed by atoms with E-state index in [1.807, 2.05) is 43.3 Å². The summed E-state index contributed by atoms with van der Waals surface area (Å²) >= 11 is 1.56. The Bertz CT molecular complexity index is 625. The van der Waals surface area contributed by atoms with E-state index in [1.165, 1.54) is 5.56 Å². The second-order valence-corrected chi connectivity index (χ2v) is 6.23. The van der Waals surface area contributed by atoms with E-state index in [4.69, 9.17) is 5.11 Å². The minimum atomic E-state index is -0.744. The first kappa shape index (κ1) is 16.4. The van der Waals surface area contributed by atoms with Crippen LogP contribution in [0, 0.1) is 6.92 Å². The van der Waals surface area contributed by atoms with Gasteiger partial charge in [0.2, 0.25) is 0 Å². The number of hydrogen-bond donors (Lipinski definition) is 2. The maximum atomic E-state index is 10.9. The quantitative estimate of drug-likeness (QED) is 0.699. The molecule has 0 radical (unpaired) electrons. The molecule has 0 heterocycles. The van der Waals surface area contributed by atoms with Crippen LogP contribution in [0.15, 0.2) is 53.4 Å². The molecule has 0 aliphatic rings. The Morgan fingerprint density at radius 1 is 1.23 bits per heavy atom.